The van der Waals surface area contributed by atoms with Gasteiger partial charge in [0.05, 0.1) is 13.2 Å². The van der Waals surface area contributed by atoms with Crippen molar-refractivity contribution in [3.05, 3.63) is 78.4 Å². The van der Waals surface area contributed by atoms with E-state index in [0.29, 0.717) is 11.3 Å². The van der Waals surface area contributed by atoms with Crippen LogP contribution in [0.25, 0.3) is 11.1 Å². The Morgan fingerprint density at radius 3 is 1.97 bits per heavy atom. The third-order valence-corrected chi connectivity index (χ3v) is 6.75. The van der Waals surface area contributed by atoms with Gasteiger partial charge in [-0.15, -0.1) is 0 Å². The first-order chi connectivity index (χ1) is 17.9. The number of hydrogen-bond acceptors (Lipinski definition) is 5. The Bertz CT molecular complexity index is 1150. The molecule has 0 aliphatic rings. The van der Waals surface area contributed by atoms with Crippen LogP contribution in [0.4, 0.5) is 5.69 Å². The predicted octanol–water partition coefficient (Wildman–Crippen LogP) is 7.86. The summed E-state index contributed by atoms with van der Waals surface area (Å²) < 4.78 is 27.2. The third-order valence-electron chi connectivity index (χ3n) is 5.73. The van der Waals surface area contributed by atoms with E-state index in [1.807, 2.05) is 36.4 Å². The number of anilines is 1. The summed E-state index contributed by atoms with van der Waals surface area (Å²) in [5.74, 6) is 0.769. The highest BCUT2D eigenvalue weighted by molar-refractivity contribution is 7.47. The van der Waals surface area contributed by atoms with E-state index in [4.69, 9.17) is 9.26 Å². The fraction of sp³-hybridized carbons (Fsp3) is 0.345. The number of hydrogen-bond donors (Lipinski definition) is 2. The van der Waals surface area contributed by atoms with Crippen LogP contribution in [0.3, 0.4) is 0 Å². The van der Waals surface area contributed by atoms with E-state index in [1.165, 1.54) is 44.2 Å². The molecular weight excluding hydrogens is 489 g/mol. The molecule has 0 bridgehead atoms. The lowest BCUT2D eigenvalue weighted by atomic mass is 10.0. The van der Waals surface area contributed by atoms with E-state index in [2.05, 4.69) is 16.8 Å². The molecule has 3 aromatic rings. The van der Waals surface area contributed by atoms with E-state index in [-0.39, 0.29) is 18.3 Å². The number of amides is 1. The second-order valence-electron chi connectivity index (χ2n) is 8.67. The molecule has 0 saturated heterocycles. The molecule has 0 saturated carbocycles. The highest BCUT2D eigenvalue weighted by Gasteiger charge is 2.21. The van der Waals surface area contributed by atoms with E-state index < -0.39 is 7.82 Å². The topological polar surface area (TPSA) is 94.1 Å². The summed E-state index contributed by atoms with van der Waals surface area (Å²) in [6.07, 6.45) is 7.43. The predicted molar refractivity (Wildman–Crippen MR) is 147 cm³/mol. The van der Waals surface area contributed by atoms with Crippen molar-refractivity contribution in [2.45, 2.75) is 52.4 Å². The molecular formula is C29H36NO6P. The first-order valence-electron chi connectivity index (χ1n) is 12.8. The van der Waals surface area contributed by atoms with Crippen molar-refractivity contribution in [2.24, 2.45) is 0 Å². The Morgan fingerprint density at radius 1 is 0.784 bits per heavy atom. The van der Waals surface area contributed by atoms with Gasteiger partial charge in [-0.1, -0.05) is 63.3 Å². The van der Waals surface area contributed by atoms with Crippen LogP contribution >= 0.6 is 7.82 Å². The summed E-state index contributed by atoms with van der Waals surface area (Å²) in [6, 6.07) is 21.5. The van der Waals surface area contributed by atoms with Crippen LogP contribution < -0.4 is 14.6 Å². The maximum Gasteiger partial charge on any atom is 0.527 e. The van der Waals surface area contributed by atoms with Crippen LogP contribution in [0.15, 0.2) is 72.8 Å². The summed E-state index contributed by atoms with van der Waals surface area (Å²) in [4.78, 5) is 22.2. The fourth-order valence-corrected chi connectivity index (χ4v) is 4.52. The van der Waals surface area contributed by atoms with Gasteiger partial charge in [0.15, 0.2) is 0 Å². The zero-order valence-corrected chi connectivity index (χ0v) is 22.4. The van der Waals surface area contributed by atoms with Crippen molar-refractivity contribution in [3.8, 4) is 22.6 Å². The van der Waals surface area contributed by atoms with Crippen LogP contribution in [0, 0.1) is 0 Å². The summed E-state index contributed by atoms with van der Waals surface area (Å²) in [5, 5.41) is 2.80. The Hall–Kier alpha value is -3.12. The first kappa shape index (κ1) is 28.5. The average molecular weight is 526 g/mol. The van der Waals surface area contributed by atoms with Crippen LogP contribution in [-0.4, -0.2) is 24.0 Å². The molecule has 37 heavy (non-hydrogen) atoms. The first-order valence-corrected chi connectivity index (χ1v) is 14.3. The molecule has 8 heteroatoms. The van der Waals surface area contributed by atoms with Gasteiger partial charge in [0.25, 0.3) is 5.91 Å². The summed E-state index contributed by atoms with van der Waals surface area (Å²) in [6.45, 7) is 4.61. The standard InChI is InChI=1S/C29H36NO6P/c1-3-5-6-7-8-9-22-34-27-18-14-24(15-19-27)23-10-12-25(13-11-23)29(31)30-26-16-20-28(21-17-26)36-37(32,33)35-4-2/h10-21H,3-9,22H2,1-2H3,(H,30,31)(H,32,33). The number of carbonyl (C=O) groups excluding carboxylic acids is 1. The lowest BCUT2D eigenvalue weighted by Crippen LogP contribution is -2.11. The smallest absolute Gasteiger partial charge is 0.494 e. The lowest BCUT2D eigenvalue weighted by Gasteiger charge is -2.12. The molecule has 0 radical (unpaired) electrons. The van der Waals surface area contributed by atoms with Crippen molar-refractivity contribution in [1.29, 1.82) is 0 Å². The highest BCUT2D eigenvalue weighted by atomic mass is 31.2. The Morgan fingerprint density at radius 2 is 1.35 bits per heavy atom. The van der Waals surface area contributed by atoms with Crippen LogP contribution in [0.5, 0.6) is 11.5 Å². The van der Waals surface area contributed by atoms with Crippen molar-refractivity contribution in [1.82, 2.24) is 0 Å². The fourth-order valence-electron chi connectivity index (χ4n) is 3.76. The number of phosphoric acid groups is 1. The van der Waals surface area contributed by atoms with Gasteiger partial charge in [-0.05, 0) is 73.0 Å². The molecule has 198 valence electrons. The van der Waals surface area contributed by atoms with Gasteiger partial charge in [-0.25, -0.2) is 4.57 Å². The Balaban J connectivity index is 1.48. The van der Waals surface area contributed by atoms with Gasteiger partial charge in [-0.3, -0.25) is 14.2 Å². The molecule has 0 spiro atoms. The molecule has 1 atom stereocenters. The van der Waals surface area contributed by atoms with E-state index >= 15 is 0 Å². The minimum atomic E-state index is -4.14. The monoisotopic (exact) mass is 525 g/mol. The van der Waals surface area contributed by atoms with Gasteiger partial charge in [-0.2, -0.15) is 0 Å². The summed E-state index contributed by atoms with van der Waals surface area (Å²) >= 11 is 0. The van der Waals surface area contributed by atoms with Gasteiger partial charge in [0, 0.05) is 11.3 Å². The number of rotatable bonds is 15. The van der Waals surface area contributed by atoms with Gasteiger partial charge < -0.3 is 14.6 Å². The molecule has 0 aliphatic carbocycles. The van der Waals surface area contributed by atoms with Crippen molar-refractivity contribution >= 4 is 19.4 Å². The maximum atomic E-state index is 12.6. The summed E-state index contributed by atoms with van der Waals surface area (Å²) in [5.41, 5.74) is 3.09. The lowest BCUT2D eigenvalue weighted by molar-refractivity contribution is 0.102. The minimum Gasteiger partial charge on any atom is -0.494 e. The average Bonchev–Trinajstić information content (AvgIpc) is 2.89. The molecule has 0 heterocycles. The molecule has 2 N–H and O–H groups in total. The quantitative estimate of drug-likeness (QED) is 0.155. The zero-order valence-electron chi connectivity index (χ0n) is 21.5. The second kappa shape index (κ2) is 14.6. The van der Waals surface area contributed by atoms with E-state index in [9.17, 15) is 14.3 Å². The number of nitrogens with one attached hydrogen (secondary N) is 1. The number of benzene rings is 3. The van der Waals surface area contributed by atoms with Crippen LogP contribution in [-0.2, 0) is 9.09 Å². The Labute approximate surface area is 219 Å². The van der Waals surface area contributed by atoms with Gasteiger partial charge in [0.2, 0.25) is 0 Å². The minimum absolute atomic E-state index is 0.0553. The molecule has 3 rings (SSSR count). The SMILES string of the molecule is CCCCCCCCOc1ccc(-c2ccc(C(=O)Nc3ccc(OP(=O)(O)OCC)cc3)cc2)cc1. The zero-order chi connectivity index (χ0) is 26.5. The molecule has 7 nitrogen and oxygen atoms in total. The molecule has 1 unspecified atom stereocenters. The highest BCUT2D eigenvalue weighted by Crippen LogP contribution is 2.43. The van der Waals surface area contributed by atoms with Crippen LogP contribution in [0.1, 0.15) is 62.7 Å². The molecule has 3 aromatic carbocycles. The van der Waals surface area contributed by atoms with Crippen molar-refractivity contribution < 1.29 is 28.0 Å². The maximum absolute atomic E-state index is 12.6. The second-order valence-corrected chi connectivity index (χ2v) is 10.1. The molecule has 0 aromatic heterocycles. The normalized spacial score (nSPS) is 12.5. The van der Waals surface area contributed by atoms with Crippen LogP contribution in [0.2, 0.25) is 0 Å². The number of carbonyl (C=O) groups is 1. The number of phosphoric ester groups is 1. The Kier molecular flexibility index (Phi) is 11.2. The number of ether oxygens (including phenoxy) is 1. The molecule has 0 aliphatic heterocycles. The largest absolute Gasteiger partial charge is 0.527 e. The van der Waals surface area contributed by atoms with Gasteiger partial charge in [0.1, 0.15) is 11.5 Å². The van der Waals surface area contributed by atoms with E-state index in [0.717, 1.165) is 29.9 Å². The van der Waals surface area contributed by atoms with Crippen molar-refractivity contribution in [2.75, 3.05) is 18.5 Å². The molecule has 1 amide bonds. The van der Waals surface area contributed by atoms with Gasteiger partial charge >= 0.3 is 7.82 Å². The summed E-state index contributed by atoms with van der Waals surface area (Å²) in [7, 11) is -4.14. The van der Waals surface area contributed by atoms with E-state index in [1.54, 1.807) is 31.2 Å². The third kappa shape index (κ3) is 9.69. The number of unbranched alkanes of at least 4 members (excludes halogenated alkanes) is 5. The van der Waals surface area contributed by atoms with Crippen molar-refractivity contribution in [3.63, 3.8) is 0 Å². The molecule has 0 fully saturated rings.